The number of benzene rings is 1. The van der Waals surface area contributed by atoms with Gasteiger partial charge in [-0.05, 0) is 12.1 Å². The molecule has 1 fully saturated rings. The summed E-state index contributed by atoms with van der Waals surface area (Å²) in [7, 11) is 0. The van der Waals surface area contributed by atoms with Gasteiger partial charge in [0.2, 0.25) is 6.29 Å². The summed E-state index contributed by atoms with van der Waals surface area (Å²) in [5.74, 6) is -1.47. The van der Waals surface area contributed by atoms with E-state index in [2.05, 4.69) is 0 Å². The van der Waals surface area contributed by atoms with Crippen LogP contribution in [-0.2, 0) is 9.53 Å². The minimum Gasteiger partial charge on any atom is -0.479 e. The van der Waals surface area contributed by atoms with Crippen molar-refractivity contribution in [1.29, 1.82) is 0 Å². The van der Waals surface area contributed by atoms with Gasteiger partial charge in [0, 0.05) is 12.1 Å². The predicted octanol–water partition coefficient (Wildman–Crippen LogP) is -1.13. The van der Waals surface area contributed by atoms with Crippen LogP contribution in [0.1, 0.15) is 0 Å². The monoisotopic (exact) mass is 315 g/mol. The lowest BCUT2D eigenvalue weighted by atomic mass is 9.99. The molecular weight excluding hydrogens is 302 g/mol. The zero-order valence-corrected chi connectivity index (χ0v) is 11.0. The van der Waals surface area contributed by atoms with Crippen molar-refractivity contribution in [3.05, 3.63) is 34.4 Å². The first-order valence-corrected chi connectivity index (χ1v) is 6.15. The van der Waals surface area contributed by atoms with Crippen LogP contribution in [0.2, 0.25) is 0 Å². The number of carbonyl (C=O) groups is 1. The number of nitro benzene ring substituents is 1. The summed E-state index contributed by atoms with van der Waals surface area (Å²) in [4.78, 5) is 20.8. The first-order valence-electron chi connectivity index (χ1n) is 6.15. The molecule has 0 aliphatic carbocycles. The molecule has 1 saturated heterocycles. The van der Waals surface area contributed by atoms with Crippen LogP contribution in [0.4, 0.5) is 5.69 Å². The number of carboxylic acids is 1. The van der Waals surface area contributed by atoms with Crippen molar-refractivity contribution >= 4 is 11.7 Å². The van der Waals surface area contributed by atoms with Gasteiger partial charge >= 0.3 is 5.97 Å². The summed E-state index contributed by atoms with van der Waals surface area (Å²) >= 11 is 0. The zero-order valence-electron chi connectivity index (χ0n) is 11.0. The molecule has 0 amide bonds. The van der Waals surface area contributed by atoms with Crippen LogP contribution in [0.3, 0.4) is 0 Å². The van der Waals surface area contributed by atoms with E-state index in [9.17, 15) is 30.2 Å². The van der Waals surface area contributed by atoms with Crippen LogP contribution in [0.25, 0.3) is 0 Å². The fraction of sp³-hybridized carbons (Fsp3) is 0.417. The number of aliphatic hydroxyl groups excluding tert-OH is 3. The number of hydrogen-bond donors (Lipinski definition) is 4. The van der Waals surface area contributed by atoms with Gasteiger partial charge in [0.15, 0.2) is 6.10 Å². The third-order valence-corrected chi connectivity index (χ3v) is 3.11. The molecule has 0 bridgehead atoms. The second-order valence-corrected chi connectivity index (χ2v) is 4.60. The van der Waals surface area contributed by atoms with Crippen molar-refractivity contribution in [3.63, 3.8) is 0 Å². The summed E-state index contributed by atoms with van der Waals surface area (Å²) < 4.78 is 10.1. The Morgan fingerprint density at radius 2 is 1.73 bits per heavy atom. The van der Waals surface area contributed by atoms with E-state index < -0.39 is 41.6 Å². The second-order valence-electron chi connectivity index (χ2n) is 4.60. The zero-order chi connectivity index (χ0) is 16.4. The maximum atomic E-state index is 10.9. The Labute approximate surface area is 123 Å². The van der Waals surface area contributed by atoms with Crippen molar-refractivity contribution in [3.8, 4) is 5.75 Å². The van der Waals surface area contributed by atoms with Gasteiger partial charge in [0.05, 0.1) is 4.92 Å². The number of nitro groups is 1. The van der Waals surface area contributed by atoms with Gasteiger partial charge in [-0.15, -0.1) is 0 Å². The minimum atomic E-state index is -1.82. The number of nitrogens with zero attached hydrogens (tertiary/aromatic N) is 1. The average molecular weight is 315 g/mol. The molecule has 1 aliphatic heterocycles. The smallest absolute Gasteiger partial charge is 0.335 e. The molecule has 1 aliphatic rings. The van der Waals surface area contributed by atoms with Gasteiger partial charge in [0.1, 0.15) is 24.1 Å². The van der Waals surface area contributed by atoms with E-state index in [4.69, 9.17) is 14.6 Å². The standard InChI is InChI=1S/C12H13NO9/c14-7-8(15)10(11(17)18)22-12(9(7)16)21-6-3-1-5(2-4-6)13(19)20/h1-4,7-10,12,14-16H,(H,17,18)/t7-,8-,9+,10?,12?/m0/s1. The number of aliphatic carboxylic acids is 1. The van der Waals surface area contributed by atoms with Gasteiger partial charge in [-0.3, -0.25) is 10.1 Å². The molecular formula is C12H13NO9. The lowest BCUT2D eigenvalue weighted by molar-refractivity contribution is -0.384. The van der Waals surface area contributed by atoms with E-state index in [-0.39, 0.29) is 11.4 Å². The lowest BCUT2D eigenvalue weighted by Crippen LogP contribution is -2.61. The van der Waals surface area contributed by atoms with Crippen molar-refractivity contribution in [2.45, 2.75) is 30.7 Å². The summed E-state index contributed by atoms with van der Waals surface area (Å²) in [6.45, 7) is 0. The number of ether oxygens (including phenoxy) is 2. The van der Waals surface area contributed by atoms with Crippen LogP contribution < -0.4 is 4.74 Å². The van der Waals surface area contributed by atoms with E-state index in [1.54, 1.807) is 0 Å². The van der Waals surface area contributed by atoms with E-state index in [1.807, 2.05) is 0 Å². The molecule has 1 heterocycles. The topological polar surface area (TPSA) is 160 Å². The molecule has 10 nitrogen and oxygen atoms in total. The van der Waals surface area contributed by atoms with Gasteiger partial charge in [-0.25, -0.2) is 4.79 Å². The predicted molar refractivity (Wildman–Crippen MR) is 68.0 cm³/mol. The SMILES string of the molecule is O=C(O)C1OC(Oc2ccc([N+](=O)[O-])cc2)[C@H](O)[C@@H](O)[C@@H]1O. The summed E-state index contributed by atoms with van der Waals surface area (Å²) in [5.41, 5.74) is -0.184. The quantitative estimate of drug-likeness (QED) is 0.398. The molecule has 1 aromatic carbocycles. The molecule has 120 valence electrons. The largest absolute Gasteiger partial charge is 0.479 e. The highest BCUT2D eigenvalue weighted by Gasteiger charge is 2.48. The Hall–Kier alpha value is -2.27. The van der Waals surface area contributed by atoms with Gasteiger partial charge in [-0.2, -0.15) is 0 Å². The highest BCUT2D eigenvalue weighted by atomic mass is 16.7. The number of carboxylic acid groups (broad SMARTS) is 1. The molecule has 4 N–H and O–H groups in total. The molecule has 1 aromatic rings. The molecule has 10 heteroatoms. The van der Waals surface area contributed by atoms with Crippen molar-refractivity contribution in [1.82, 2.24) is 0 Å². The van der Waals surface area contributed by atoms with Crippen molar-refractivity contribution < 1.29 is 39.6 Å². The molecule has 0 radical (unpaired) electrons. The molecule has 22 heavy (non-hydrogen) atoms. The van der Waals surface area contributed by atoms with E-state index >= 15 is 0 Å². The first kappa shape index (κ1) is 16.1. The Bertz CT molecular complexity index is 560. The molecule has 0 aromatic heterocycles. The minimum absolute atomic E-state index is 0.0578. The number of rotatable bonds is 4. The Morgan fingerprint density at radius 3 is 2.23 bits per heavy atom. The summed E-state index contributed by atoms with van der Waals surface area (Å²) in [6.07, 6.45) is -8.62. The Morgan fingerprint density at radius 1 is 1.14 bits per heavy atom. The third kappa shape index (κ3) is 3.14. The van der Waals surface area contributed by atoms with Crippen LogP contribution in [0.5, 0.6) is 5.75 Å². The number of aliphatic hydroxyl groups is 3. The van der Waals surface area contributed by atoms with E-state index in [1.165, 1.54) is 12.1 Å². The van der Waals surface area contributed by atoms with Gasteiger partial charge < -0.3 is 29.9 Å². The Balaban J connectivity index is 2.13. The van der Waals surface area contributed by atoms with Gasteiger partial charge in [-0.1, -0.05) is 0 Å². The average Bonchev–Trinajstić information content (AvgIpc) is 2.48. The third-order valence-electron chi connectivity index (χ3n) is 3.11. The molecule has 0 saturated carbocycles. The normalized spacial score (nSPS) is 31.5. The summed E-state index contributed by atoms with van der Waals surface area (Å²) in [6, 6.07) is 4.73. The fourth-order valence-electron chi connectivity index (χ4n) is 1.93. The molecule has 5 atom stereocenters. The summed E-state index contributed by atoms with van der Waals surface area (Å²) in [5, 5.41) is 48.3. The maximum absolute atomic E-state index is 10.9. The number of non-ortho nitro benzene ring substituents is 1. The Kier molecular flexibility index (Phi) is 4.56. The van der Waals surface area contributed by atoms with Crippen molar-refractivity contribution in [2.24, 2.45) is 0 Å². The van der Waals surface area contributed by atoms with Crippen LogP contribution in [0, 0.1) is 10.1 Å². The lowest BCUT2D eigenvalue weighted by Gasteiger charge is -2.38. The fourth-order valence-corrected chi connectivity index (χ4v) is 1.93. The van der Waals surface area contributed by atoms with Crippen LogP contribution in [0.15, 0.2) is 24.3 Å². The van der Waals surface area contributed by atoms with Crippen LogP contribution >= 0.6 is 0 Å². The first-order chi connectivity index (χ1) is 10.3. The highest BCUT2D eigenvalue weighted by molar-refractivity contribution is 5.73. The van der Waals surface area contributed by atoms with Crippen molar-refractivity contribution in [2.75, 3.05) is 0 Å². The van der Waals surface area contributed by atoms with E-state index in [0.29, 0.717) is 0 Å². The van der Waals surface area contributed by atoms with Gasteiger partial charge in [0.25, 0.3) is 5.69 Å². The van der Waals surface area contributed by atoms with Crippen LogP contribution in [-0.4, -0.2) is 62.0 Å². The highest BCUT2D eigenvalue weighted by Crippen LogP contribution is 2.25. The number of hydrogen-bond acceptors (Lipinski definition) is 8. The second kappa shape index (κ2) is 6.23. The molecule has 2 rings (SSSR count). The maximum Gasteiger partial charge on any atom is 0.335 e. The van der Waals surface area contributed by atoms with E-state index in [0.717, 1.165) is 12.1 Å². The molecule has 2 unspecified atom stereocenters. The molecule has 0 spiro atoms.